The molecule has 0 fully saturated rings. The van der Waals surface area contributed by atoms with E-state index >= 15 is 0 Å². The van der Waals surface area contributed by atoms with E-state index in [0.29, 0.717) is 17.4 Å². The minimum Gasteiger partial charge on any atom is -0.756 e. The van der Waals surface area contributed by atoms with Crippen molar-refractivity contribution in [2.75, 3.05) is 40.9 Å². The van der Waals surface area contributed by atoms with Gasteiger partial charge in [0.25, 0.3) is 7.82 Å². The van der Waals surface area contributed by atoms with Crippen LogP contribution in [0.25, 0.3) is 0 Å². The number of phosphoric ester groups is 1. The van der Waals surface area contributed by atoms with Crippen LogP contribution in [-0.2, 0) is 18.4 Å². The molecule has 73 heavy (non-hydrogen) atoms. The summed E-state index contributed by atoms with van der Waals surface area (Å²) in [5, 5.41) is 13.9. The van der Waals surface area contributed by atoms with Crippen molar-refractivity contribution in [1.82, 2.24) is 5.32 Å². The summed E-state index contributed by atoms with van der Waals surface area (Å²) < 4.78 is 23.4. The van der Waals surface area contributed by atoms with Gasteiger partial charge in [-0.2, -0.15) is 0 Å². The van der Waals surface area contributed by atoms with Crippen LogP contribution in [0.4, 0.5) is 0 Å². The number of likely N-dealkylation sites (N-methyl/N-ethyl adjacent to an activating group) is 1. The third-order valence-corrected chi connectivity index (χ3v) is 15.9. The number of allylic oxidation sites excluding steroid dienone is 3. The zero-order valence-electron chi connectivity index (χ0n) is 49.6. The Balaban J connectivity index is 4.05. The highest BCUT2D eigenvalue weighted by Crippen LogP contribution is 2.38. The Bertz CT molecular complexity index is 1240. The molecule has 9 heteroatoms. The summed E-state index contributed by atoms with van der Waals surface area (Å²) in [6.45, 7) is 4.68. The predicted octanol–water partition coefficient (Wildman–Crippen LogP) is 19.3. The van der Waals surface area contributed by atoms with Crippen LogP contribution in [0.15, 0.2) is 24.3 Å². The van der Waals surface area contributed by atoms with Crippen LogP contribution >= 0.6 is 7.82 Å². The normalized spacial score (nSPS) is 13.9. The molecule has 0 aliphatic heterocycles. The lowest BCUT2D eigenvalue weighted by Crippen LogP contribution is -2.45. The van der Waals surface area contributed by atoms with E-state index in [9.17, 15) is 19.4 Å². The molecule has 0 aromatic carbocycles. The molecule has 1 amide bonds. The van der Waals surface area contributed by atoms with Crippen molar-refractivity contribution < 1.29 is 32.9 Å². The molecule has 3 unspecified atom stereocenters. The van der Waals surface area contributed by atoms with Gasteiger partial charge in [0.2, 0.25) is 5.91 Å². The van der Waals surface area contributed by atoms with Crippen LogP contribution in [0.3, 0.4) is 0 Å². The zero-order chi connectivity index (χ0) is 53.5. The van der Waals surface area contributed by atoms with E-state index in [1.807, 2.05) is 27.2 Å². The summed E-state index contributed by atoms with van der Waals surface area (Å²) in [6.07, 6.45) is 71.5. The molecular weight excluding hydrogens is 924 g/mol. The average molecular weight is 1050 g/mol. The van der Waals surface area contributed by atoms with E-state index in [0.717, 1.165) is 38.5 Å². The maximum atomic E-state index is 13.0. The third kappa shape index (κ3) is 58.5. The summed E-state index contributed by atoms with van der Waals surface area (Å²) in [4.78, 5) is 25.5. The van der Waals surface area contributed by atoms with Gasteiger partial charge in [-0.1, -0.05) is 314 Å². The Morgan fingerprint density at radius 2 is 0.767 bits per heavy atom. The van der Waals surface area contributed by atoms with Crippen LogP contribution < -0.4 is 10.2 Å². The fraction of sp³-hybridized carbons (Fsp3) is 0.922. The molecule has 0 spiro atoms. The fourth-order valence-corrected chi connectivity index (χ4v) is 10.6. The molecule has 0 heterocycles. The number of quaternary nitrogens is 1. The number of phosphoric acid groups is 1. The first-order chi connectivity index (χ1) is 35.5. The summed E-state index contributed by atoms with van der Waals surface area (Å²) in [7, 11) is 1.26. The van der Waals surface area contributed by atoms with E-state index in [-0.39, 0.29) is 19.1 Å². The van der Waals surface area contributed by atoms with Crippen molar-refractivity contribution >= 4 is 13.7 Å². The molecule has 0 aromatic heterocycles. The number of nitrogens with one attached hydrogen (secondary N) is 1. The van der Waals surface area contributed by atoms with Gasteiger partial charge in [0.1, 0.15) is 13.2 Å². The molecule has 0 saturated carbocycles. The number of aliphatic hydroxyl groups excluding tert-OH is 1. The standard InChI is InChI=1S/C64H127N2O6P/c1-6-8-10-12-14-16-18-20-22-24-26-27-28-29-30-31-32-33-34-35-36-37-38-40-42-44-46-48-50-52-54-56-58-64(68)65-62(61-72-73(69,70)71-60-59-66(3,4)5)63(67)57-55-53-51-49-47-45-43-41-39-25-23-21-19-17-15-13-11-9-7-2/h47,49,55,57,62-63,67H,6-46,48,50-54,56,58-61H2,1-5H3,(H-,65,68,69,70)/b49-47+,57-55+. The van der Waals surface area contributed by atoms with Gasteiger partial charge < -0.3 is 28.8 Å². The van der Waals surface area contributed by atoms with Gasteiger partial charge in [-0.3, -0.25) is 9.36 Å². The molecule has 0 saturated heterocycles. The molecule has 0 radical (unpaired) electrons. The second kappa shape index (κ2) is 55.7. The molecule has 434 valence electrons. The summed E-state index contributed by atoms with van der Waals surface area (Å²) in [5.41, 5.74) is 0. The van der Waals surface area contributed by atoms with Crippen LogP contribution in [0, 0.1) is 0 Å². The lowest BCUT2D eigenvalue weighted by Gasteiger charge is -2.29. The van der Waals surface area contributed by atoms with Crippen molar-refractivity contribution in [3.8, 4) is 0 Å². The maximum Gasteiger partial charge on any atom is 0.268 e. The second-order valence-electron chi connectivity index (χ2n) is 23.5. The SMILES string of the molecule is CCCCCCCCCCCCCCC/C=C/CC/C=C/C(O)C(COP(=O)([O-])OCC[N+](C)(C)C)NC(=O)CCCCCCCCCCCCCCCCCCCCCCCCCCCCCCCCCC. The van der Waals surface area contributed by atoms with Gasteiger partial charge in [-0.05, 0) is 32.1 Å². The van der Waals surface area contributed by atoms with Gasteiger partial charge in [0, 0.05) is 6.42 Å². The van der Waals surface area contributed by atoms with Crippen LogP contribution in [0.5, 0.6) is 0 Å². The van der Waals surface area contributed by atoms with Gasteiger partial charge in [0.05, 0.1) is 39.9 Å². The lowest BCUT2D eigenvalue weighted by molar-refractivity contribution is -0.870. The first-order valence-corrected chi connectivity index (χ1v) is 33.7. The van der Waals surface area contributed by atoms with Crippen molar-refractivity contribution in [2.24, 2.45) is 0 Å². The highest BCUT2D eigenvalue weighted by atomic mass is 31.2. The average Bonchev–Trinajstić information content (AvgIpc) is 3.35. The molecule has 0 aliphatic carbocycles. The molecule has 0 aromatic rings. The Labute approximate surface area is 455 Å². The maximum absolute atomic E-state index is 13.0. The van der Waals surface area contributed by atoms with E-state index in [4.69, 9.17) is 9.05 Å². The molecule has 3 atom stereocenters. The van der Waals surface area contributed by atoms with Crippen LogP contribution in [-0.4, -0.2) is 68.5 Å². The summed E-state index contributed by atoms with van der Waals surface area (Å²) >= 11 is 0. The van der Waals surface area contributed by atoms with Crippen molar-refractivity contribution in [3.63, 3.8) is 0 Å². The number of nitrogens with zero attached hydrogens (tertiary/aromatic N) is 1. The smallest absolute Gasteiger partial charge is 0.268 e. The summed E-state index contributed by atoms with van der Waals surface area (Å²) in [6, 6.07) is -0.901. The van der Waals surface area contributed by atoms with E-state index < -0.39 is 20.0 Å². The van der Waals surface area contributed by atoms with E-state index in [1.165, 1.54) is 270 Å². The number of hydrogen-bond acceptors (Lipinski definition) is 6. The number of aliphatic hydroxyl groups is 1. The monoisotopic (exact) mass is 1050 g/mol. The zero-order valence-corrected chi connectivity index (χ0v) is 50.5. The first kappa shape index (κ1) is 72.0. The number of amides is 1. The molecular formula is C64H127N2O6P. The highest BCUT2D eigenvalue weighted by molar-refractivity contribution is 7.45. The van der Waals surface area contributed by atoms with E-state index in [1.54, 1.807) is 6.08 Å². The Morgan fingerprint density at radius 1 is 0.466 bits per heavy atom. The second-order valence-corrected chi connectivity index (χ2v) is 24.9. The van der Waals surface area contributed by atoms with Crippen molar-refractivity contribution in [1.29, 1.82) is 0 Å². The molecule has 0 rings (SSSR count). The van der Waals surface area contributed by atoms with Crippen molar-refractivity contribution in [2.45, 2.75) is 341 Å². The quantitative estimate of drug-likeness (QED) is 0.0272. The number of carbonyl (C=O) groups is 1. The van der Waals surface area contributed by atoms with Crippen LogP contribution in [0.1, 0.15) is 328 Å². The first-order valence-electron chi connectivity index (χ1n) is 32.2. The van der Waals surface area contributed by atoms with Gasteiger partial charge in [-0.15, -0.1) is 0 Å². The minimum atomic E-state index is -4.60. The fourth-order valence-electron chi connectivity index (χ4n) is 9.88. The Morgan fingerprint density at radius 3 is 1.11 bits per heavy atom. The van der Waals surface area contributed by atoms with Gasteiger partial charge in [0.15, 0.2) is 0 Å². The van der Waals surface area contributed by atoms with E-state index in [2.05, 4.69) is 31.3 Å². The molecule has 8 nitrogen and oxygen atoms in total. The number of carbonyl (C=O) groups excluding carboxylic acids is 1. The summed E-state index contributed by atoms with van der Waals surface area (Å²) in [5.74, 6) is -0.200. The number of rotatable bonds is 60. The van der Waals surface area contributed by atoms with Crippen molar-refractivity contribution in [3.05, 3.63) is 24.3 Å². The van der Waals surface area contributed by atoms with Gasteiger partial charge >= 0.3 is 0 Å². The lowest BCUT2D eigenvalue weighted by atomic mass is 10.0. The largest absolute Gasteiger partial charge is 0.756 e. The number of hydrogen-bond donors (Lipinski definition) is 2. The third-order valence-electron chi connectivity index (χ3n) is 14.9. The molecule has 2 N–H and O–H groups in total. The Hall–Kier alpha value is -1.02. The highest BCUT2D eigenvalue weighted by Gasteiger charge is 2.23. The Kier molecular flexibility index (Phi) is 54.9. The predicted molar refractivity (Wildman–Crippen MR) is 316 cm³/mol. The topological polar surface area (TPSA) is 108 Å². The number of unbranched alkanes of at least 4 members (excludes halogenated alkanes) is 45. The molecule has 0 bridgehead atoms. The minimum absolute atomic E-state index is 0.00362. The molecule has 0 aliphatic rings. The van der Waals surface area contributed by atoms with Crippen LogP contribution in [0.2, 0.25) is 0 Å². The van der Waals surface area contributed by atoms with Gasteiger partial charge in [-0.25, -0.2) is 0 Å².